The van der Waals surface area contributed by atoms with Crippen molar-refractivity contribution in [3.8, 4) is 5.88 Å². The second-order valence-corrected chi connectivity index (χ2v) is 5.80. The Hall–Kier alpha value is -2.41. The van der Waals surface area contributed by atoms with Gasteiger partial charge in [0.2, 0.25) is 5.88 Å². The monoisotopic (exact) mass is 334 g/mol. The predicted molar refractivity (Wildman–Crippen MR) is 85.7 cm³/mol. The Kier molecular flexibility index (Phi) is 4.57. The van der Waals surface area contributed by atoms with Crippen molar-refractivity contribution in [2.24, 2.45) is 5.92 Å². The van der Waals surface area contributed by atoms with Gasteiger partial charge in [0.05, 0.1) is 16.6 Å². The molecule has 0 unspecified atom stereocenters. The summed E-state index contributed by atoms with van der Waals surface area (Å²) in [7, 11) is 0. The molecule has 0 saturated heterocycles. The van der Waals surface area contributed by atoms with Gasteiger partial charge in [-0.3, -0.25) is 10.1 Å². The van der Waals surface area contributed by atoms with Crippen molar-refractivity contribution in [2.45, 2.75) is 19.4 Å². The first-order chi connectivity index (χ1) is 11.1. The first-order valence-electron chi connectivity index (χ1n) is 7.23. The number of aromatic nitrogens is 2. The van der Waals surface area contributed by atoms with Crippen LogP contribution >= 0.6 is 11.6 Å². The predicted octanol–water partition coefficient (Wildman–Crippen LogP) is 3.44. The molecule has 23 heavy (non-hydrogen) atoms. The molecule has 2 heterocycles. The normalized spacial score (nSPS) is 13.6. The van der Waals surface area contributed by atoms with Gasteiger partial charge in [-0.1, -0.05) is 11.6 Å². The molecule has 1 aliphatic carbocycles. The quantitative estimate of drug-likeness (QED) is 0.616. The zero-order valence-corrected chi connectivity index (χ0v) is 13.0. The summed E-state index contributed by atoms with van der Waals surface area (Å²) in [6, 6.07) is 4.98. The minimum Gasteiger partial charge on any atom is -0.477 e. The van der Waals surface area contributed by atoms with Crippen molar-refractivity contribution in [1.29, 1.82) is 0 Å². The number of nitro groups is 1. The van der Waals surface area contributed by atoms with Gasteiger partial charge < -0.3 is 10.1 Å². The lowest BCUT2D eigenvalue weighted by molar-refractivity contribution is -0.385. The van der Waals surface area contributed by atoms with E-state index in [0.29, 0.717) is 30.8 Å². The fourth-order valence-electron chi connectivity index (χ4n) is 1.97. The Balaban J connectivity index is 1.61. The lowest BCUT2D eigenvalue weighted by Crippen LogP contribution is -2.05. The van der Waals surface area contributed by atoms with E-state index in [4.69, 9.17) is 16.3 Å². The number of nitrogens with zero attached hydrogens (tertiary/aromatic N) is 3. The van der Waals surface area contributed by atoms with Crippen molar-refractivity contribution < 1.29 is 9.66 Å². The maximum Gasteiger partial charge on any atom is 0.289 e. The summed E-state index contributed by atoms with van der Waals surface area (Å²) in [5, 5.41) is 13.9. The average Bonchev–Trinajstić information content (AvgIpc) is 3.36. The molecule has 0 atom stereocenters. The molecule has 0 bridgehead atoms. The van der Waals surface area contributed by atoms with E-state index in [9.17, 15) is 10.1 Å². The van der Waals surface area contributed by atoms with Gasteiger partial charge in [0, 0.05) is 24.9 Å². The molecule has 1 aliphatic rings. The highest BCUT2D eigenvalue weighted by Gasteiger charge is 2.22. The molecular formula is C15H15ClN4O3. The van der Waals surface area contributed by atoms with Crippen LogP contribution in [-0.4, -0.2) is 21.5 Å². The molecule has 0 aliphatic heterocycles. The number of rotatable bonds is 7. The average molecular weight is 335 g/mol. The van der Waals surface area contributed by atoms with Crippen LogP contribution in [0.15, 0.2) is 30.6 Å². The first kappa shape index (κ1) is 15.5. The van der Waals surface area contributed by atoms with Crippen LogP contribution in [0.3, 0.4) is 0 Å². The summed E-state index contributed by atoms with van der Waals surface area (Å²) in [6.07, 6.45) is 5.31. The van der Waals surface area contributed by atoms with Crippen molar-refractivity contribution in [1.82, 2.24) is 9.97 Å². The van der Waals surface area contributed by atoms with Crippen molar-refractivity contribution >= 4 is 23.1 Å². The van der Waals surface area contributed by atoms with Gasteiger partial charge in [0.25, 0.3) is 5.69 Å². The molecule has 1 N–H and O–H groups in total. The van der Waals surface area contributed by atoms with Crippen LogP contribution in [-0.2, 0) is 6.54 Å². The number of halogens is 1. The van der Waals surface area contributed by atoms with Crippen molar-refractivity contribution in [2.75, 3.05) is 11.9 Å². The third-order valence-corrected chi connectivity index (χ3v) is 3.75. The molecule has 7 nitrogen and oxygen atoms in total. The minimum atomic E-state index is -0.533. The van der Waals surface area contributed by atoms with Gasteiger partial charge in [0.1, 0.15) is 12.0 Å². The minimum absolute atomic E-state index is 0.139. The molecule has 1 fully saturated rings. The molecule has 2 aromatic heterocycles. The Morgan fingerprint density at radius 2 is 2.22 bits per heavy atom. The van der Waals surface area contributed by atoms with E-state index in [1.807, 2.05) is 12.1 Å². The first-order valence-corrected chi connectivity index (χ1v) is 7.61. The Bertz CT molecular complexity index is 722. The highest BCUT2D eigenvalue weighted by molar-refractivity contribution is 6.33. The number of anilines is 1. The Labute approximate surface area is 137 Å². The molecule has 2 aromatic rings. The van der Waals surface area contributed by atoms with Gasteiger partial charge in [-0.15, -0.1) is 0 Å². The highest BCUT2D eigenvalue weighted by Crippen LogP contribution is 2.29. The lowest BCUT2D eigenvalue weighted by atomic mass is 10.2. The zero-order valence-electron chi connectivity index (χ0n) is 12.2. The van der Waals surface area contributed by atoms with Crippen LogP contribution in [0.4, 0.5) is 11.5 Å². The molecule has 8 heteroatoms. The van der Waals surface area contributed by atoms with Gasteiger partial charge >= 0.3 is 0 Å². The maximum absolute atomic E-state index is 10.7. The van der Waals surface area contributed by atoms with Crippen LogP contribution in [0.25, 0.3) is 0 Å². The molecule has 0 spiro atoms. The summed E-state index contributed by atoms with van der Waals surface area (Å²) in [5.41, 5.74) is 0.822. The number of hydrogen-bond acceptors (Lipinski definition) is 6. The third-order valence-electron chi connectivity index (χ3n) is 3.46. The summed E-state index contributed by atoms with van der Waals surface area (Å²) < 4.78 is 5.63. The van der Waals surface area contributed by atoms with Gasteiger partial charge in [0.15, 0.2) is 0 Å². The molecular weight excluding hydrogens is 320 g/mol. The molecule has 1 saturated carbocycles. The fraction of sp³-hybridized carbons (Fsp3) is 0.333. The van der Waals surface area contributed by atoms with E-state index in [2.05, 4.69) is 15.3 Å². The summed E-state index contributed by atoms with van der Waals surface area (Å²) in [4.78, 5) is 18.3. The van der Waals surface area contributed by atoms with Crippen LogP contribution in [0.5, 0.6) is 5.88 Å². The molecule has 120 valence electrons. The van der Waals surface area contributed by atoms with E-state index < -0.39 is 4.92 Å². The molecule has 3 rings (SSSR count). The number of nitrogens with one attached hydrogen (secondary N) is 1. The van der Waals surface area contributed by atoms with Gasteiger partial charge in [-0.05, 0) is 30.4 Å². The standard InChI is InChI=1S/C15H15ClN4O3/c16-13-6-12(20(21)22)8-19-15(13)18-7-11-3-4-17-14(5-11)23-9-10-1-2-10/h3-6,8,10H,1-2,7,9H2,(H,18,19). The largest absolute Gasteiger partial charge is 0.477 e. The van der Waals surface area contributed by atoms with Crippen LogP contribution in [0.1, 0.15) is 18.4 Å². The fourth-order valence-corrected chi connectivity index (χ4v) is 2.20. The van der Waals surface area contributed by atoms with E-state index in [1.54, 1.807) is 6.20 Å². The molecule has 0 amide bonds. The van der Waals surface area contributed by atoms with Gasteiger partial charge in [-0.2, -0.15) is 0 Å². The van der Waals surface area contributed by atoms with Gasteiger partial charge in [-0.25, -0.2) is 9.97 Å². The Morgan fingerprint density at radius 1 is 1.39 bits per heavy atom. The SMILES string of the molecule is O=[N+]([O-])c1cnc(NCc2ccnc(OCC3CC3)c2)c(Cl)c1. The van der Waals surface area contributed by atoms with Crippen molar-refractivity contribution in [3.63, 3.8) is 0 Å². The van der Waals surface area contributed by atoms with Crippen LogP contribution in [0, 0.1) is 16.0 Å². The maximum atomic E-state index is 10.7. The number of hydrogen-bond donors (Lipinski definition) is 1. The topological polar surface area (TPSA) is 90.2 Å². The smallest absolute Gasteiger partial charge is 0.289 e. The Morgan fingerprint density at radius 3 is 2.91 bits per heavy atom. The van der Waals surface area contributed by atoms with Crippen molar-refractivity contribution in [3.05, 3.63) is 51.3 Å². The van der Waals surface area contributed by atoms with E-state index in [0.717, 1.165) is 5.56 Å². The van der Waals surface area contributed by atoms with Crippen LogP contribution in [0.2, 0.25) is 5.02 Å². The van der Waals surface area contributed by atoms with E-state index in [1.165, 1.54) is 25.1 Å². The van der Waals surface area contributed by atoms with Crippen LogP contribution < -0.4 is 10.1 Å². The lowest BCUT2D eigenvalue weighted by Gasteiger charge is -2.09. The van der Waals surface area contributed by atoms with E-state index >= 15 is 0 Å². The second kappa shape index (κ2) is 6.78. The highest BCUT2D eigenvalue weighted by atomic mass is 35.5. The van der Waals surface area contributed by atoms with E-state index in [-0.39, 0.29) is 10.7 Å². The second-order valence-electron chi connectivity index (χ2n) is 5.39. The zero-order chi connectivity index (χ0) is 16.2. The molecule has 0 aromatic carbocycles. The summed E-state index contributed by atoms with van der Waals surface area (Å²) in [6.45, 7) is 1.17. The molecule has 0 radical (unpaired) electrons. The summed E-state index contributed by atoms with van der Waals surface area (Å²) >= 11 is 6.00. The number of pyridine rings is 2. The summed E-state index contributed by atoms with van der Waals surface area (Å²) in [5.74, 6) is 1.66. The third kappa shape index (κ3) is 4.29. The number of ether oxygens (including phenoxy) is 1.